The number of thiocarbonyl (C=S) groups is 1. The van der Waals surface area contributed by atoms with Crippen molar-refractivity contribution >= 4 is 34.5 Å². The van der Waals surface area contributed by atoms with Crippen LogP contribution in [0.4, 0.5) is 5.82 Å². The smallest absolute Gasteiger partial charge is 0.169 e. The number of hydrogen-bond donors (Lipinski definition) is 2. The van der Waals surface area contributed by atoms with E-state index >= 15 is 0 Å². The van der Waals surface area contributed by atoms with Crippen LogP contribution in [0.2, 0.25) is 0 Å². The highest BCUT2D eigenvalue weighted by Crippen LogP contribution is 2.11. The van der Waals surface area contributed by atoms with Crippen molar-refractivity contribution in [2.24, 2.45) is 5.73 Å². The maximum Gasteiger partial charge on any atom is 0.169 e. The summed E-state index contributed by atoms with van der Waals surface area (Å²) in [6.07, 6.45) is 0. The fourth-order valence-corrected chi connectivity index (χ4v) is 1.20. The molecule has 0 saturated carbocycles. The minimum Gasteiger partial charge on any atom is -0.376 e. The van der Waals surface area contributed by atoms with Crippen molar-refractivity contribution in [3.05, 3.63) is 10.4 Å². The summed E-state index contributed by atoms with van der Waals surface area (Å²) in [7, 11) is 0. The minimum absolute atomic E-state index is 0.255. The molecule has 0 atom stereocenters. The Labute approximate surface area is 68.3 Å². The van der Waals surface area contributed by atoms with Crippen LogP contribution in [-0.2, 0) is 0 Å². The maximum absolute atomic E-state index is 5.22. The molecule has 1 rings (SSSR count). The van der Waals surface area contributed by atoms with Gasteiger partial charge in [-0.2, -0.15) is 0 Å². The number of thiazole rings is 1. The van der Waals surface area contributed by atoms with Gasteiger partial charge in [0.1, 0.15) is 5.82 Å². The molecule has 0 bridgehead atoms. The zero-order valence-corrected chi connectivity index (χ0v) is 7.05. The fraction of sp³-hybridized carbons (Fsp3) is 0.200. The average molecular weight is 173 g/mol. The van der Waals surface area contributed by atoms with Gasteiger partial charge in [-0.15, -0.1) is 11.3 Å². The highest BCUT2D eigenvalue weighted by atomic mass is 32.1. The number of aryl methyl sites for hydroxylation is 1. The Kier molecular flexibility index (Phi) is 2.18. The molecule has 0 aliphatic carbocycles. The number of rotatable bonds is 1. The van der Waals surface area contributed by atoms with Crippen molar-refractivity contribution in [1.29, 1.82) is 0 Å². The monoisotopic (exact) mass is 173 g/mol. The largest absolute Gasteiger partial charge is 0.376 e. The normalized spacial score (nSPS) is 9.30. The number of hydrogen-bond acceptors (Lipinski definition) is 3. The molecule has 0 amide bonds. The highest BCUT2D eigenvalue weighted by molar-refractivity contribution is 7.80. The Hall–Kier alpha value is -0.680. The summed E-state index contributed by atoms with van der Waals surface area (Å²) < 4.78 is 0. The van der Waals surface area contributed by atoms with Crippen molar-refractivity contribution in [1.82, 2.24) is 4.98 Å². The van der Waals surface area contributed by atoms with Gasteiger partial charge in [0.05, 0.1) is 5.01 Å². The summed E-state index contributed by atoms with van der Waals surface area (Å²) in [4.78, 5) is 4.09. The van der Waals surface area contributed by atoms with Gasteiger partial charge >= 0.3 is 0 Å². The van der Waals surface area contributed by atoms with Gasteiger partial charge in [-0.25, -0.2) is 4.98 Å². The third kappa shape index (κ3) is 1.93. The Balaban J connectivity index is 2.67. The average Bonchev–Trinajstić information content (AvgIpc) is 2.13. The van der Waals surface area contributed by atoms with Crippen LogP contribution in [0.25, 0.3) is 0 Å². The SMILES string of the molecule is Cc1nc(NC(N)=S)cs1. The molecule has 3 nitrogen and oxygen atoms in total. The number of nitrogens with one attached hydrogen (secondary N) is 1. The van der Waals surface area contributed by atoms with Gasteiger partial charge in [-0.3, -0.25) is 0 Å². The van der Waals surface area contributed by atoms with E-state index in [-0.39, 0.29) is 5.11 Å². The predicted molar refractivity (Wildman–Crippen MR) is 47.3 cm³/mol. The lowest BCUT2D eigenvalue weighted by atomic mass is 10.7. The van der Waals surface area contributed by atoms with E-state index in [1.54, 1.807) is 11.3 Å². The molecule has 0 unspecified atom stereocenters. The van der Waals surface area contributed by atoms with Crippen molar-refractivity contribution < 1.29 is 0 Å². The molecule has 0 aromatic carbocycles. The van der Waals surface area contributed by atoms with E-state index in [4.69, 9.17) is 5.73 Å². The molecule has 3 N–H and O–H groups in total. The summed E-state index contributed by atoms with van der Waals surface area (Å²) in [6, 6.07) is 0. The number of anilines is 1. The summed E-state index contributed by atoms with van der Waals surface area (Å²) in [5.41, 5.74) is 5.22. The van der Waals surface area contributed by atoms with E-state index in [0.717, 1.165) is 10.8 Å². The Bertz CT molecular complexity index is 243. The molecule has 0 spiro atoms. The van der Waals surface area contributed by atoms with E-state index in [2.05, 4.69) is 22.5 Å². The minimum atomic E-state index is 0.255. The molecule has 0 aliphatic rings. The van der Waals surface area contributed by atoms with Gasteiger partial charge < -0.3 is 11.1 Å². The maximum atomic E-state index is 5.22. The first-order chi connectivity index (χ1) is 4.68. The van der Waals surface area contributed by atoms with Crippen LogP contribution in [0.5, 0.6) is 0 Å². The van der Waals surface area contributed by atoms with Gasteiger partial charge in [-0.05, 0) is 19.1 Å². The van der Waals surface area contributed by atoms with Gasteiger partial charge in [0.15, 0.2) is 5.11 Å². The Morgan fingerprint density at radius 1 is 1.90 bits per heavy atom. The molecule has 0 fully saturated rings. The highest BCUT2D eigenvalue weighted by Gasteiger charge is 1.95. The van der Waals surface area contributed by atoms with Crippen molar-refractivity contribution in [2.45, 2.75) is 6.92 Å². The van der Waals surface area contributed by atoms with Crippen molar-refractivity contribution in [3.8, 4) is 0 Å². The van der Waals surface area contributed by atoms with Gasteiger partial charge in [0, 0.05) is 5.38 Å². The molecule has 54 valence electrons. The topological polar surface area (TPSA) is 50.9 Å². The molecule has 0 aliphatic heterocycles. The third-order valence-corrected chi connectivity index (χ3v) is 1.75. The number of nitrogens with two attached hydrogens (primary N) is 1. The van der Waals surface area contributed by atoms with E-state index < -0.39 is 0 Å². The predicted octanol–water partition coefficient (Wildman–Crippen LogP) is 1.11. The molecule has 1 aromatic heterocycles. The summed E-state index contributed by atoms with van der Waals surface area (Å²) in [6.45, 7) is 1.93. The lowest BCUT2D eigenvalue weighted by Crippen LogP contribution is -2.18. The van der Waals surface area contributed by atoms with E-state index in [1.807, 2.05) is 12.3 Å². The van der Waals surface area contributed by atoms with Crippen molar-refractivity contribution in [2.75, 3.05) is 5.32 Å². The molecule has 10 heavy (non-hydrogen) atoms. The summed E-state index contributed by atoms with van der Waals surface area (Å²) in [5.74, 6) is 0.731. The van der Waals surface area contributed by atoms with E-state index in [1.165, 1.54) is 0 Å². The molecule has 1 aromatic rings. The molecular formula is C5H7N3S2. The second kappa shape index (κ2) is 2.94. The zero-order valence-electron chi connectivity index (χ0n) is 5.42. The Morgan fingerprint density at radius 2 is 2.60 bits per heavy atom. The lowest BCUT2D eigenvalue weighted by molar-refractivity contribution is 1.29. The van der Waals surface area contributed by atoms with E-state index in [0.29, 0.717) is 0 Å². The quantitative estimate of drug-likeness (QED) is 0.625. The third-order valence-electron chi connectivity index (χ3n) is 0.870. The van der Waals surface area contributed by atoms with Crippen LogP contribution < -0.4 is 11.1 Å². The van der Waals surface area contributed by atoms with Crippen LogP contribution in [0.15, 0.2) is 5.38 Å². The second-order valence-corrected chi connectivity index (χ2v) is 3.24. The first kappa shape index (κ1) is 7.43. The number of nitrogens with zero attached hydrogens (tertiary/aromatic N) is 1. The van der Waals surface area contributed by atoms with Crippen LogP contribution in [0.3, 0.4) is 0 Å². The molecule has 1 heterocycles. The summed E-state index contributed by atoms with van der Waals surface area (Å²) in [5, 5.41) is 5.86. The van der Waals surface area contributed by atoms with Gasteiger partial charge in [-0.1, -0.05) is 0 Å². The van der Waals surface area contributed by atoms with Gasteiger partial charge in [0.2, 0.25) is 0 Å². The zero-order chi connectivity index (χ0) is 7.56. The first-order valence-corrected chi connectivity index (χ1v) is 3.96. The second-order valence-electron chi connectivity index (χ2n) is 1.74. The number of aromatic nitrogens is 1. The molecule has 0 saturated heterocycles. The molecule has 5 heteroatoms. The van der Waals surface area contributed by atoms with Crippen LogP contribution >= 0.6 is 23.6 Å². The lowest BCUT2D eigenvalue weighted by Gasteiger charge is -1.95. The Morgan fingerprint density at radius 3 is 3.00 bits per heavy atom. The fourth-order valence-electron chi connectivity index (χ4n) is 0.547. The van der Waals surface area contributed by atoms with Crippen LogP contribution in [-0.4, -0.2) is 10.1 Å². The summed E-state index contributed by atoms with van der Waals surface area (Å²) >= 11 is 6.18. The molecule has 0 radical (unpaired) electrons. The standard InChI is InChI=1S/C5H7N3S2/c1-3-7-4(2-10-3)8-5(6)9/h2H,1H3,(H3,6,8,9). The van der Waals surface area contributed by atoms with Crippen LogP contribution in [0, 0.1) is 6.92 Å². The van der Waals surface area contributed by atoms with Gasteiger partial charge in [0.25, 0.3) is 0 Å². The first-order valence-electron chi connectivity index (χ1n) is 2.67. The molecular weight excluding hydrogens is 166 g/mol. The van der Waals surface area contributed by atoms with Crippen LogP contribution in [0.1, 0.15) is 5.01 Å². The van der Waals surface area contributed by atoms with E-state index in [9.17, 15) is 0 Å². The van der Waals surface area contributed by atoms with Crippen molar-refractivity contribution in [3.63, 3.8) is 0 Å².